The first-order valence-corrected chi connectivity index (χ1v) is 17.1. The third kappa shape index (κ3) is 7.88. The second-order valence-electron chi connectivity index (χ2n) is 12.0. The van der Waals surface area contributed by atoms with Crippen LogP contribution in [0.4, 0.5) is 11.4 Å². The van der Waals surface area contributed by atoms with Gasteiger partial charge in [-0.25, -0.2) is 0 Å². The maximum Gasteiger partial charge on any atom is 0.272 e. The van der Waals surface area contributed by atoms with Crippen molar-refractivity contribution in [3.63, 3.8) is 0 Å². The van der Waals surface area contributed by atoms with E-state index in [0.29, 0.717) is 98.0 Å². The van der Waals surface area contributed by atoms with Gasteiger partial charge in [0.1, 0.15) is 23.8 Å². The maximum atomic E-state index is 13.9. The van der Waals surface area contributed by atoms with Crippen LogP contribution in [0.25, 0.3) is 21.7 Å². The highest BCUT2D eigenvalue weighted by Gasteiger charge is 2.35. The summed E-state index contributed by atoms with van der Waals surface area (Å²) < 4.78 is 21.8. The lowest BCUT2D eigenvalue weighted by molar-refractivity contribution is 0.00361. The monoisotopic (exact) mass is 701 g/mol. The van der Waals surface area contributed by atoms with Crippen LogP contribution in [0, 0.1) is 6.92 Å². The quantitative estimate of drug-likeness (QED) is 0.0726. The third-order valence-corrected chi connectivity index (χ3v) is 8.95. The molecule has 0 radical (unpaired) electrons. The summed E-state index contributed by atoms with van der Waals surface area (Å²) in [6, 6.07) is 21.5. The van der Waals surface area contributed by atoms with E-state index in [1.54, 1.807) is 59.5 Å². The van der Waals surface area contributed by atoms with Crippen LogP contribution < -0.4 is 15.0 Å². The number of H-pyrrole nitrogens is 1. The molecule has 12 heteroatoms. The normalized spacial score (nSPS) is 14.0. The zero-order chi connectivity index (χ0) is 35.0. The van der Waals surface area contributed by atoms with E-state index in [9.17, 15) is 14.7 Å². The lowest BCUT2D eigenvalue weighted by Crippen LogP contribution is -2.30. The van der Waals surface area contributed by atoms with Crippen molar-refractivity contribution >= 4 is 56.5 Å². The van der Waals surface area contributed by atoms with Crippen molar-refractivity contribution in [2.75, 3.05) is 75.5 Å². The van der Waals surface area contributed by atoms with Gasteiger partial charge in [0.2, 0.25) is 0 Å². The van der Waals surface area contributed by atoms with Crippen LogP contribution in [-0.4, -0.2) is 92.3 Å². The van der Waals surface area contributed by atoms with Crippen LogP contribution in [0.2, 0.25) is 0 Å². The Labute approximate surface area is 294 Å². The highest BCUT2D eigenvalue weighted by molar-refractivity contribution is 6.19. The number of nitrogens with one attached hydrogen (secondary N) is 2. The molecule has 6 rings (SSSR count). The molecule has 50 heavy (non-hydrogen) atoms. The van der Waals surface area contributed by atoms with E-state index < -0.39 is 0 Å². The second kappa shape index (κ2) is 16.4. The third-order valence-electron chi connectivity index (χ3n) is 8.58. The Balaban J connectivity index is 1.06. The second-order valence-corrected chi connectivity index (χ2v) is 12.3. The predicted molar refractivity (Wildman–Crippen MR) is 193 cm³/mol. The molecular weight excluding hydrogens is 662 g/mol. The molecule has 1 aliphatic rings. The van der Waals surface area contributed by atoms with Crippen molar-refractivity contribution in [2.45, 2.75) is 12.8 Å². The Hall–Kier alpha value is -4.65. The van der Waals surface area contributed by atoms with Crippen molar-refractivity contribution in [3.8, 4) is 11.5 Å². The molecule has 0 saturated carbocycles. The molecule has 0 bridgehead atoms. The first-order valence-electron chi connectivity index (χ1n) is 16.5. The summed E-state index contributed by atoms with van der Waals surface area (Å²) >= 11 is 6.42. The molecule has 0 spiro atoms. The Morgan fingerprint density at radius 3 is 2.42 bits per heavy atom. The summed E-state index contributed by atoms with van der Waals surface area (Å²) in [7, 11) is 0. The van der Waals surface area contributed by atoms with Gasteiger partial charge in [-0.05, 0) is 59.8 Å². The fourth-order valence-corrected chi connectivity index (χ4v) is 6.50. The molecule has 4 aromatic carbocycles. The molecule has 1 atom stereocenters. The molecule has 2 heterocycles. The number of benzene rings is 4. The fourth-order valence-electron chi connectivity index (χ4n) is 6.25. The smallest absolute Gasteiger partial charge is 0.272 e. The first kappa shape index (κ1) is 35.2. The summed E-state index contributed by atoms with van der Waals surface area (Å²) in [5, 5.41) is 24.8. The number of aromatic amines is 1. The zero-order valence-corrected chi connectivity index (χ0v) is 28.5. The lowest BCUT2D eigenvalue weighted by atomic mass is 9.92. The van der Waals surface area contributed by atoms with E-state index in [1.807, 2.05) is 25.1 Å². The van der Waals surface area contributed by atoms with Crippen LogP contribution >= 0.6 is 11.6 Å². The number of hydrogen-bond acceptors (Lipinski definition) is 8. The molecule has 4 N–H and O–H groups in total. The van der Waals surface area contributed by atoms with Gasteiger partial charge in [-0.3, -0.25) is 9.59 Å². The van der Waals surface area contributed by atoms with Gasteiger partial charge in [0.25, 0.3) is 11.8 Å². The summed E-state index contributed by atoms with van der Waals surface area (Å²) in [5.41, 5.74) is 4.72. The standard InChI is InChI=1S/C38H40ClN3O8/c1-24-4-2-7-30-34(44)21-33-36(35(24)30)27(22-39)23-42(33)38(46)25-8-9-31-26(18-25)19-32(41-31)37(45)40-28-5-3-6-29(20-28)50-17-16-49-15-14-48-13-12-47-11-10-43/h2-9,18-21,27,41,43-44H,10-17,22-23H2,1H3,(H,40,45)/t27-/m1/s1. The molecule has 0 unspecified atom stereocenters. The van der Waals surface area contributed by atoms with E-state index in [2.05, 4.69) is 10.3 Å². The highest BCUT2D eigenvalue weighted by atomic mass is 35.5. The molecule has 5 aromatic rings. The predicted octanol–water partition coefficient (Wildman–Crippen LogP) is 5.99. The summed E-state index contributed by atoms with van der Waals surface area (Å²) in [4.78, 5) is 32.0. The average Bonchev–Trinajstić information content (AvgIpc) is 3.72. The van der Waals surface area contributed by atoms with Crippen LogP contribution in [0.5, 0.6) is 11.5 Å². The molecule has 0 fully saturated rings. The zero-order valence-electron chi connectivity index (χ0n) is 27.7. The largest absolute Gasteiger partial charge is 0.507 e. The molecule has 0 aliphatic carbocycles. The van der Waals surface area contributed by atoms with E-state index in [-0.39, 0.29) is 30.1 Å². The van der Waals surface area contributed by atoms with Crippen LogP contribution in [-0.2, 0) is 14.2 Å². The number of carbonyl (C=O) groups is 2. The Morgan fingerprint density at radius 2 is 1.66 bits per heavy atom. The van der Waals surface area contributed by atoms with Gasteiger partial charge < -0.3 is 44.4 Å². The number of phenols is 1. The SMILES string of the molecule is Cc1cccc2c(O)cc3c(c12)[C@H](CCl)CN3C(=O)c1ccc2[nH]c(C(=O)Nc3cccc(OCCOCCOCCOCCO)c3)cc2c1. The van der Waals surface area contributed by atoms with Gasteiger partial charge in [0, 0.05) is 58.0 Å². The number of halogens is 1. The van der Waals surface area contributed by atoms with Gasteiger partial charge in [0.15, 0.2) is 0 Å². The van der Waals surface area contributed by atoms with Crippen molar-refractivity contribution in [2.24, 2.45) is 0 Å². The number of amides is 2. The van der Waals surface area contributed by atoms with Gasteiger partial charge in [-0.1, -0.05) is 24.3 Å². The Kier molecular flexibility index (Phi) is 11.5. The lowest BCUT2D eigenvalue weighted by Gasteiger charge is -2.19. The number of fused-ring (bicyclic) bond motifs is 4. The number of anilines is 2. The van der Waals surface area contributed by atoms with Gasteiger partial charge in [-0.2, -0.15) is 0 Å². The minimum atomic E-state index is -0.340. The van der Waals surface area contributed by atoms with E-state index in [0.717, 1.165) is 21.9 Å². The first-order chi connectivity index (χ1) is 24.4. The van der Waals surface area contributed by atoms with Crippen molar-refractivity contribution in [1.29, 1.82) is 0 Å². The van der Waals surface area contributed by atoms with Crippen molar-refractivity contribution in [1.82, 2.24) is 4.98 Å². The highest BCUT2D eigenvalue weighted by Crippen LogP contribution is 2.46. The number of aromatic hydroxyl groups is 1. The number of nitrogens with zero attached hydrogens (tertiary/aromatic N) is 1. The Bertz CT molecular complexity index is 1980. The molecule has 1 aliphatic heterocycles. The Morgan fingerprint density at radius 1 is 0.920 bits per heavy atom. The maximum absolute atomic E-state index is 13.9. The number of aryl methyl sites for hydroxylation is 1. The number of hydrogen-bond donors (Lipinski definition) is 4. The minimum absolute atomic E-state index is 0.00700. The van der Waals surface area contributed by atoms with Crippen molar-refractivity contribution < 1.29 is 38.7 Å². The molecule has 262 valence electrons. The van der Waals surface area contributed by atoms with Crippen LogP contribution in [0.15, 0.2) is 72.8 Å². The number of aromatic nitrogens is 1. The molecule has 0 saturated heterocycles. The van der Waals surface area contributed by atoms with Crippen LogP contribution in [0.1, 0.15) is 37.9 Å². The van der Waals surface area contributed by atoms with Crippen molar-refractivity contribution in [3.05, 3.63) is 95.2 Å². The number of alkyl halides is 1. The van der Waals surface area contributed by atoms with Crippen LogP contribution in [0.3, 0.4) is 0 Å². The van der Waals surface area contributed by atoms with E-state index in [1.165, 1.54) is 0 Å². The number of phenolic OH excluding ortho intramolecular Hbond substituents is 1. The van der Waals surface area contributed by atoms with E-state index >= 15 is 0 Å². The number of ether oxygens (including phenoxy) is 4. The fraction of sp³-hybridized carbons (Fsp3) is 0.316. The number of rotatable bonds is 16. The number of aliphatic hydroxyl groups is 1. The summed E-state index contributed by atoms with van der Waals surface area (Å²) in [6.07, 6.45) is 0. The van der Waals surface area contributed by atoms with E-state index in [4.69, 9.17) is 35.7 Å². The molecule has 1 aromatic heterocycles. The average molecular weight is 702 g/mol. The number of carbonyl (C=O) groups excluding carboxylic acids is 2. The molecular formula is C38H40ClN3O8. The summed E-state index contributed by atoms with van der Waals surface area (Å²) in [5.74, 6) is 0.408. The minimum Gasteiger partial charge on any atom is -0.507 e. The van der Waals surface area contributed by atoms with Gasteiger partial charge in [-0.15, -0.1) is 11.6 Å². The van der Waals surface area contributed by atoms with Gasteiger partial charge in [0.05, 0.1) is 51.9 Å². The number of aliphatic hydroxyl groups excluding tert-OH is 1. The van der Waals surface area contributed by atoms with Gasteiger partial charge >= 0.3 is 0 Å². The molecule has 11 nitrogen and oxygen atoms in total. The molecule has 2 amide bonds. The topological polar surface area (TPSA) is 143 Å². The summed E-state index contributed by atoms with van der Waals surface area (Å²) in [6.45, 7) is 5.10.